The molecule has 1 N–H and O–H groups in total. The van der Waals surface area contributed by atoms with Crippen LogP contribution in [0, 0.1) is 0 Å². The summed E-state index contributed by atoms with van der Waals surface area (Å²) in [6, 6.07) is 0. The van der Waals surface area contributed by atoms with Crippen molar-refractivity contribution in [2.24, 2.45) is 0 Å². The SMILES string of the molecule is CC(=O)O[C@H](CSSCCSSC[C@@H](OC(C)=O)[C@@H](CS(=O)O)OC(C)=O)[C@@H](CS(=O)[O-])OC(C)=O.[Na+].[Na+]. The van der Waals surface area contributed by atoms with E-state index in [0.29, 0.717) is 11.5 Å². The zero-order valence-electron chi connectivity index (χ0n) is 21.9. The van der Waals surface area contributed by atoms with E-state index in [9.17, 15) is 32.1 Å². The van der Waals surface area contributed by atoms with Crippen LogP contribution in [0.5, 0.6) is 0 Å². The normalized spacial score (nSPS) is 15.2. The third-order valence-corrected chi connectivity index (χ3v) is 9.88. The van der Waals surface area contributed by atoms with Gasteiger partial charge < -0.3 is 28.1 Å². The van der Waals surface area contributed by atoms with E-state index in [1.54, 1.807) is 0 Å². The Hall–Kier alpha value is 1.50. The number of esters is 4. The van der Waals surface area contributed by atoms with Crippen molar-refractivity contribution in [2.75, 3.05) is 34.5 Å². The van der Waals surface area contributed by atoms with Crippen molar-refractivity contribution in [1.29, 1.82) is 0 Å². The van der Waals surface area contributed by atoms with Gasteiger partial charge in [0.2, 0.25) is 0 Å². The molecule has 0 bridgehead atoms. The van der Waals surface area contributed by atoms with Crippen LogP contribution in [0.3, 0.4) is 0 Å². The van der Waals surface area contributed by atoms with Crippen LogP contribution in [0.15, 0.2) is 0 Å². The zero-order valence-corrected chi connectivity index (χ0v) is 30.8. The van der Waals surface area contributed by atoms with E-state index >= 15 is 0 Å². The van der Waals surface area contributed by atoms with Crippen LogP contribution >= 0.6 is 43.2 Å². The van der Waals surface area contributed by atoms with Crippen molar-refractivity contribution in [3.8, 4) is 0 Å². The zero-order chi connectivity index (χ0) is 27.7. The molecule has 6 atom stereocenters. The van der Waals surface area contributed by atoms with Crippen molar-refractivity contribution in [2.45, 2.75) is 52.1 Å². The second-order valence-corrected chi connectivity index (χ2v) is 13.9. The predicted octanol–water partition coefficient (Wildman–Crippen LogP) is -4.42. The number of hydrogen-bond acceptors (Lipinski definition) is 15. The van der Waals surface area contributed by atoms with Crippen molar-refractivity contribution in [1.82, 2.24) is 0 Å². The van der Waals surface area contributed by atoms with Gasteiger partial charge in [-0.15, -0.1) is 0 Å². The molecule has 20 heteroatoms. The van der Waals surface area contributed by atoms with E-state index in [-0.39, 0.29) is 70.6 Å². The molecule has 0 saturated heterocycles. The Morgan fingerprint density at radius 2 is 0.974 bits per heavy atom. The minimum atomic E-state index is -2.51. The summed E-state index contributed by atoms with van der Waals surface area (Å²) < 4.78 is 62.9. The number of hydrogen-bond donors (Lipinski definition) is 1. The topological polar surface area (TPSA) is 183 Å². The first-order valence-electron chi connectivity index (χ1n) is 10.1. The van der Waals surface area contributed by atoms with Crippen molar-refractivity contribution in [3.63, 3.8) is 0 Å². The van der Waals surface area contributed by atoms with Gasteiger partial charge in [-0.3, -0.25) is 23.4 Å². The quantitative estimate of drug-likeness (QED) is 0.0346. The molecule has 0 radical (unpaired) electrons. The average Bonchev–Trinajstić information content (AvgIpc) is 2.71. The molecular formula is C18H29Na2O12S6+. The standard InChI is InChI=1S/C18H30O12S6.2Na/c1-11(19)27-15(17(9-35(23)24)29-13(3)21)7-33-31-5-6-32-34-8-16(28-12(2)20)18(10-36(25)26)30-14(4)22;;/h15-18H,5-10H2,1-4H3,(H,23,24)(H,25,26);;/q;2*+1/p-1/t15-,16-,17-,18-;;/m1../s1. The van der Waals surface area contributed by atoms with Gasteiger partial charge in [0.15, 0.2) is 17.2 Å². The molecule has 0 amide bonds. The van der Waals surface area contributed by atoms with Crippen molar-refractivity contribution < 1.29 is 115 Å². The number of carbonyl (C=O) groups excluding carboxylic acids is 4. The Morgan fingerprint density at radius 3 is 1.26 bits per heavy atom. The smallest absolute Gasteiger partial charge is 0.772 e. The molecule has 38 heavy (non-hydrogen) atoms. The molecule has 210 valence electrons. The van der Waals surface area contributed by atoms with Crippen LogP contribution in [0.4, 0.5) is 0 Å². The summed E-state index contributed by atoms with van der Waals surface area (Å²) in [4.78, 5) is 45.4. The Labute approximate surface area is 287 Å². The summed E-state index contributed by atoms with van der Waals surface area (Å²) in [7, 11) is 5.50. The molecule has 0 aliphatic heterocycles. The second kappa shape index (κ2) is 26.2. The van der Waals surface area contributed by atoms with Crippen molar-refractivity contribution in [3.05, 3.63) is 0 Å². The van der Waals surface area contributed by atoms with E-state index in [0.717, 1.165) is 13.8 Å². The Balaban J connectivity index is -0.00000612. The summed E-state index contributed by atoms with van der Waals surface area (Å²) in [6.45, 7) is 4.63. The second-order valence-electron chi connectivity index (χ2n) is 6.76. The number of rotatable bonds is 19. The monoisotopic (exact) mass is 675 g/mol. The summed E-state index contributed by atoms with van der Waals surface area (Å²) in [5.74, 6) is -1.84. The third-order valence-electron chi connectivity index (χ3n) is 3.59. The Morgan fingerprint density at radius 1 is 0.658 bits per heavy atom. The molecule has 0 aliphatic carbocycles. The summed E-state index contributed by atoms with van der Waals surface area (Å²) >= 11 is -4.77. The molecule has 0 aromatic carbocycles. The maximum Gasteiger partial charge on any atom is 1.00 e. The first kappa shape index (κ1) is 43.9. The van der Waals surface area contributed by atoms with Gasteiger partial charge >= 0.3 is 83.0 Å². The van der Waals surface area contributed by atoms with E-state index in [1.807, 2.05) is 0 Å². The molecule has 0 aromatic rings. The van der Waals surface area contributed by atoms with Crippen LogP contribution in [0.25, 0.3) is 0 Å². The van der Waals surface area contributed by atoms with Gasteiger partial charge in [0, 0.05) is 50.7 Å². The molecule has 0 fully saturated rings. The van der Waals surface area contributed by atoms with Gasteiger partial charge in [-0.1, -0.05) is 54.3 Å². The summed E-state index contributed by atoms with van der Waals surface area (Å²) in [5.41, 5.74) is 0. The van der Waals surface area contributed by atoms with Crippen LogP contribution < -0.4 is 59.1 Å². The maximum absolute atomic E-state index is 11.4. The number of ether oxygens (including phenoxy) is 4. The van der Waals surface area contributed by atoms with Gasteiger partial charge in [-0.2, -0.15) is 0 Å². The van der Waals surface area contributed by atoms with E-state index in [4.69, 9.17) is 23.5 Å². The van der Waals surface area contributed by atoms with E-state index in [1.165, 1.54) is 57.0 Å². The molecule has 0 aromatic heterocycles. The minimum Gasteiger partial charge on any atom is -0.772 e. The van der Waals surface area contributed by atoms with E-state index < -0.39 is 82.0 Å². The van der Waals surface area contributed by atoms with E-state index in [2.05, 4.69) is 0 Å². The van der Waals surface area contributed by atoms with Crippen LogP contribution in [0.1, 0.15) is 27.7 Å². The van der Waals surface area contributed by atoms with Gasteiger partial charge in [0.25, 0.3) is 0 Å². The summed E-state index contributed by atoms with van der Waals surface area (Å²) in [5, 5.41) is 0. The predicted molar refractivity (Wildman–Crippen MR) is 141 cm³/mol. The van der Waals surface area contributed by atoms with Crippen LogP contribution in [-0.2, 0) is 60.3 Å². The first-order chi connectivity index (χ1) is 16.8. The van der Waals surface area contributed by atoms with Crippen LogP contribution in [-0.4, -0.2) is 100 Å². The third kappa shape index (κ3) is 25.2. The summed E-state index contributed by atoms with van der Waals surface area (Å²) in [6.07, 6.45) is -4.04. The Kier molecular flexibility index (Phi) is 30.2. The number of carbonyl (C=O) groups is 4. The fraction of sp³-hybridized carbons (Fsp3) is 0.778. The van der Waals surface area contributed by atoms with Gasteiger partial charge in [-0.25, -0.2) is 4.21 Å². The fourth-order valence-electron chi connectivity index (χ4n) is 2.41. The van der Waals surface area contributed by atoms with Crippen LogP contribution in [0.2, 0.25) is 0 Å². The molecule has 0 rings (SSSR count). The molecular weight excluding hydrogens is 647 g/mol. The molecule has 0 spiro atoms. The largest absolute Gasteiger partial charge is 1.00 e. The fourth-order valence-corrected chi connectivity index (χ4v) is 8.65. The maximum atomic E-state index is 11.4. The van der Waals surface area contributed by atoms with Crippen molar-refractivity contribution >= 4 is 89.2 Å². The Bertz CT molecular complexity index is 684. The average molecular weight is 676 g/mol. The molecule has 0 saturated carbocycles. The first-order valence-corrected chi connectivity index (χ1v) is 17.6. The van der Waals surface area contributed by atoms with Gasteiger partial charge in [0.05, 0.1) is 11.5 Å². The molecule has 2 unspecified atom stereocenters. The molecule has 0 aliphatic rings. The molecule has 0 heterocycles. The molecule has 12 nitrogen and oxygen atoms in total. The van der Waals surface area contributed by atoms with Gasteiger partial charge in [0.1, 0.15) is 18.3 Å². The minimum absolute atomic E-state index is 0. The van der Waals surface area contributed by atoms with Gasteiger partial charge in [-0.05, 0) is 0 Å².